The van der Waals surface area contributed by atoms with E-state index in [2.05, 4.69) is 10.2 Å². The lowest BCUT2D eigenvalue weighted by Crippen LogP contribution is -2.19. The van der Waals surface area contributed by atoms with Crippen LogP contribution < -0.4 is 5.43 Å². The highest BCUT2D eigenvalue weighted by Crippen LogP contribution is 2.18. The minimum absolute atomic E-state index is 0.189. The van der Waals surface area contributed by atoms with Crippen molar-refractivity contribution in [2.45, 2.75) is 0 Å². The number of aromatic nitrogens is 2. The van der Waals surface area contributed by atoms with Crippen molar-refractivity contribution in [3.05, 3.63) is 87.5 Å². The van der Waals surface area contributed by atoms with Crippen LogP contribution in [0.3, 0.4) is 0 Å². The molecular formula is C18H10FN3O2. The van der Waals surface area contributed by atoms with Crippen LogP contribution in [0.15, 0.2) is 59.4 Å². The highest BCUT2D eigenvalue weighted by atomic mass is 19.1. The van der Waals surface area contributed by atoms with E-state index in [1.807, 2.05) is 6.07 Å². The average Bonchev–Trinajstić information content (AvgIpc) is 2.61. The minimum atomic E-state index is -0.610. The van der Waals surface area contributed by atoms with Crippen LogP contribution in [-0.2, 0) is 0 Å². The molecule has 0 amide bonds. The summed E-state index contributed by atoms with van der Waals surface area (Å²) in [5.41, 5.74) is 0.129. The fourth-order valence-electron chi connectivity index (χ4n) is 2.22. The number of nitriles is 1. The van der Waals surface area contributed by atoms with Crippen molar-refractivity contribution in [3.8, 4) is 17.3 Å². The predicted molar refractivity (Wildman–Crippen MR) is 84.8 cm³/mol. The van der Waals surface area contributed by atoms with Crippen molar-refractivity contribution in [3.63, 3.8) is 0 Å². The van der Waals surface area contributed by atoms with Gasteiger partial charge in [-0.2, -0.15) is 10.4 Å². The Labute approximate surface area is 136 Å². The normalized spacial score (nSPS) is 10.2. The van der Waals surface area contributed by atoms with Gasteiger partial charge in [0.25, 0.3) is 0 Å². The average molecular weight is 319 g/mol. The molecule has 2 aromatic carbocycles. The van der Waals surface area contributed by atoms with Gasteiger partial charge in [0.15, 0.2) is 5.69 Å². The molecule has 3 aromatic rings. The molecule has 1 heterocycles. The topological polar surface area (TPSA) is 86.6 Å². The molecule has 116 valence electrons. The third kappa shape index (κ3) is 2.83. The summed E-state index contributed by atoms with van der Waals surface area (Å²) in [6.07, 6.45) is 0. The van der Waals surface area contributed by atoms with Gasteiger partial charge in [0.2, 0.25) is 11.2 Å². The summed E-state index contributed by atoms with van der Waals surface area (Å²) in [5.74, 6) is -1.07. The Balaban J connectivity index is 1.98. The van der Waals surface area contributed by atoms with Crippen molar-refractivity contribution in [2.24, 2.45) is 0 Å². The van der Waals surface area contributed by atoms with Crippen LogP contribution in [0.4, 0.5) is 4.39 Å². The summed E-state index contributed by atoms with van der Waals surface area (Å²) >= 11 is 0. The highest BCUT2D eigenvalue weighted by molar-refractivity contribution is 6.07. The van der Waals surface area contributed by atoms with Gasteiger partial charge in [-0.15, -0.1) is 0 Å². The van der Waals surface area contributed by atoms with E-state index in [-0.39, 0.29) is 22.5 Å². The molecule has 1 aromatic heterocycles. The zero-order valence-corrected chi connectivity index (χ0v) is 12.3. The standard InChI is InChI=1S/C18H10FN3O2/c19-14-4-2-1-3-13(14)15-9-16(23)17(22-21-15)18(24)12-7-5-11(10-20)6-8-12/h1-9H,(H,21,23). The molecule has 3 rings (SSSR count). The van der Waals surface area contributed by atoms with E-state index in [1.165, 1.54) is 42.5 Å². The van der Waals surface area contributed by atoms with Gasteiger partial charge >= 0.3 is 0 Å². The number of nitrogens with zero attached hydrogens (tertiary/aromatic N) is 2. The van der Waals surface area contributed by atoms with Gasteiger partial charge in [-0.1, -0.05) is 12.1 Å². The monoisotopic (exact) mass is 319 g/mol. The summed E-state index contributed by atoms with van der Waals surface area (Å²) in [7, 11) is 0. The summed E-state index contributed by atoms with van der Waals surface area (Å²) in [6.45, 7) is 0. The molecule has 1 N–H and O–H groups in total. The fraction of sp³-hybridized carbons (Fsp3) is 0. The zero-order valence-electron chi connectivity index (χ0n) is 12.3. The van der Waals surface area contributed by atoms with Crippen LogP contribution in [0.25, 0.3) is 11.3 Å². The van der Waals surface area contributed by atoms with Gasteiger partial charge < -0.3 is 0 Å². The van der Waals surface area contributed by atoms with E-state index in [9.17, 15) is 14.0 Å². The number of hydrogen-bond acceptors (Lipinski definition) is 4. The number of H-pyrrole nitrogens is 1. The first kappa shape index (κ1) is 15.3. The number of aromatic amines is 1. The number of hydrogen-bond donors (Lipinski definition) is 1. The lowest BCUT2D eigenvalue weighted by atomic mass is 10.1. The van der Waals surface area contributed by atoms with E-state index in [1.54, 1.807) is 6.07 Å². The smallest absolute Gasteiger partial charge is 0.217 e. The van der Waals surface area contributed by atoms with Crippen LogP contribution in [0.5, 0.6) is 0 Å². The van der Waals surface area contributed by atoms with Gasteiger partial charge in [0.05, 0.1) is 17.3 Å². The van der Waals surface area contributed by atoms with Gasteiger partial charge in [-0.3, -0.25) is 14.7 Å². The molecule has 0 aliphatic rings. The number of rotatable bonds is 3. The SMILES string of the molecule is N#Cc1ccc(C(=O)c2n[nH]c(-c3ccccc3F)cc2=O)cc1. The number of carbonyl (C=O) groups excluding carboxylic acids is 1. The minimum Gasteiger partial charge on any atom is -0.287 e. The maximum Gasteiger partial charge on any atom is 0.217 e. The molecule has 0 unspecified atom stereocenters. The molecule has 0 bridgehead atoms. The van der Waals surface area contributed by atoms with Crippen LogP contribution in [0, 0.1) is 17.1 Å². The first-order chi connectivity index (χ1) is 11.6. The number of halogens is 1. The zero-order chi connectivity index (χ0) is 17.1. The third-order valence-corrected chi connectivity index (χ3v) is 3.45. The molecule has 0 spiro atoms. The summed E-state index contributed by atoms with van der Waals surface area (Å²) < 4.78 is 13.8. The number of ketones is 1. The molecule has 0 aliphatic heterocycles. The first-order valence-corrected chi connectivity index (χ1v) is 6.99. The lowest BCUT2D eigenvalue weighted by Gasteiger charge is -2.04. The number of carbonyl (C=O) groups is 1. The molecule has 6 heteroatoms. The van der Waals surface area contributed by atoms with Crippen molar-refractivity contribution >= 4 is 5.78 Å². The van der Waals surface area contributed by atoms with E-state index < -0.39 is 17.0 Å². The molecule has 0 saturated carbocycles. The van der Waals surface area contributed by atoms with Crippen molar-refractivity contribution in [2.75, 3.05) is 0 Å². The van der Waals surface area contributed by atoms with E-state index >= 15 is 0 Å². The Morgan fingerprint density at radius 3 is 2.46 bits per heavy atom. The van der Waals surface area contributed by atoms with Gasteiger partial charge in [0.1, 0.15) is 5.82 Å². The van der Waals surface area contributed by atoms with Gasteiger partial charge in [0, 0.05) is 17.2 Å². The van der Waals surface area contributed by atoms with Crippen LogP contribution in [0.1, 0.15) is 21.6 Å². The second-order valence-electron chi connectivity index (χ2n) is 4.99. The molecule has 0 fully saturated rings. The maximum absolute atomic E-state index is 13.8. The molecule has 0 saturated heterocycles. The third-order valence-electron chi connectivity index (χ3n) is 3.45. The van der Waals surface area contributed by atoms with Crippen molar-refractivity contribution < 1.29 is 9.18 Å². The molecule has 24 heavy (non-hydrogen) atoms. The molecule has 0 atom stereocenters. The highest BCUT2D eigenvalue weighted by Gasteiger charge is 2.16. The second-order valence-corrected chi connectivity index (χ2v) is 4.99. The van der Waals surface area contributed by atoms with Gasteiger partial charge in [-0.25, -0.2) is 4.39 Å². The summed E-state index contributed by atoms with van der Waals surface area (Å²) in [4.78, 5) is 24.5. The lowest BCUT2D eigenvalue weighted by molar-refractivity contribution is 0.103. The van der Waals surface area contributed by atoms with Gasteiger partial charge in [-0.05, 0) is 36.4 Å². The molecular weight excluding hydrogens is 309 g/mol. The van der Waals surface area contributed by atoms with Crippen LogP contribution in [-0.4, -0.2) is 16.0 Å². The Morgan fingerprint density at radius 1 is 1.12 bits per heavy atom. The maximum atomic E-state index is 13.8. The Bertz CT molecular complexity index is 1020. The van der Waals surface area contributed by atoms with Crippen LogP contribution >= 0.6 is 0 Å². The van der Waals surface area contributed by atoms with Crippen LogP contribution in [0.2, 0.25) is 0 Å². The van der Waals surface area contributed by atoms with E-state index in [0.717, 1.165) is 6.07 Å². The number of nitrogens with one attached hydrogen (secondary N) is 1. The van der Waals surface area contributed by atoms with Crippen molar-refractivity contribution in [1.29, 1.82) is 5.26 Å². The summed E-state index contributed by atoms with van der Waals surface area (Å²) in [5, 5.41) is 15.1. The Morgan fingerprint density at radius 2 is 1.83 bits per heavy atom. The molecule has 0 aliphatic carbocycles. The predicted octanol–water partition coefficient (Wildman–Crippen LogP) is 2.68. The van der Waals surface area contributed by atoms with Crippen molar-refractivity contribution in [1.82, 2.24) is 10.2 Å². The first-order valence-electron chi connectivity index (χ1n) is 6.99. The Hall–Kier alpha value is -3.59. The largest absolute Gasteiger partial charge is 0.287 e. The second kappa shape index (κ2) is 6.26. The Kier molecular flexibility index (Phi) is 4.00. The quantitative estimate of drug-likeness (QED) is 0.752. The molecule has 0 radical (unpaired) electrons. The summed E-state index contributed by atoms with van der Waals surface area (Å²) in [6, 6.07) is 14.9. The number of benzene rings is 2. The van der Waals surface area contributed by atoms with E-state index in [0.29, 0.717) is 5.56 Å². The van der Waals surface area contributed by atoms with E-state index in [4.69, 9.17) is 5.26 Å². The molecule has 5 nitrogen and oxygen atoms in total. The fourth-order valence-corrected chi connectivity index (χ4v) is 2.22.